The van der Waals surface area contributed by atoms with Gasteiger partial charge in [-0.2, -0.15) is 9.13 Å². The van der Waals surface area contributed by atoms with Gasteiger partial charge in [0, 0.05) is 76.2 Å². The Morgan fingerprint density at radius 3 is 1.03 bits per heavy atom. The highest BCUT2D eigenvalue weighted by molar-refractivity contribution is 5.38. The molecule has 0 unspecified atom stereocenters. The maximum Gasteiger partial charge on any atom is 0.211 e. The minimum atomic E-state index is 0.829. The van der Waals surface area contributed by atoms with Crippen LogP contribution in [0.4, 0.5) is 0 Å². The van der Waals surface area contributed by atoms with Crippen LogP contribution in [0, 0.1) is 41.5 Å². The van der Waals surface area contributed by atoms with Gasteiger partial charge in [0.1, 0.15) is 11.5 Å². The van der Waals surface area contributed by atoms with Gasteiger partial charge in [-0.25, -0.2) is 0 Å². The molecule has 0 radical (unpaired) electrons. The van der Waals surface area contributed by atoms with E-state index in [9.17, 15) is 0 Å². The lowest BCUT2D eigenvalue weighted by Crippen LogP contribution is -2.37. The van der Waals surface area contributed by atoms with E-state index in [1.54, 1.807) is 0 Å². The zero-order valence-electron chi connectivity index (χ0n) is 19.2. The molecule has 0 aliphatic heterocycles. The number of aryl methyl sites for hydroxylation is 6. The first kappa shape index (κ1) is 20.8. The van der Waals surface area contributed by atoms with Gasteiger partial charge in [-0.1, -0.05) is 0 Å². The van der Waals surface area contributed by atoms with E-state index < -0.39 is 0 Å². The number of rotatable bonds is 4. The van der Waals surface area contributed by atoms with Gasteiger partial charge in [0.05, 0.1) is 0 Å². The van der Waals surface area contributed by atoms with E-state index in [4.69, 9.17) is 4.74 Å². The summed E-state index contributed by atoms with van der Waals surface area (Å²) in [7, 11) is 0. The number of pyridine rings is 2. The molecule has 0 aliphatic rings. The van der Waals surface area contributed by atoms with E-state index in [0.29, 0.717) is 0 Å². The number of aromatic nitrogens is 2. The van der Waals surface area contributed by atoms with Gasteiger partial charge in [0.2, 0.25) is 11.4 Å². The number of nitrogens with zero attached hydrogens (tertiary/aromatic N) is 2. The van der Waals surface area contributed by atoms with Crippen LogP contribution < -0.4 is 13.9 Å². The third-order valence-corrected chi connectivity index (χ3v) is 5.58. The van der Waals surface area contributed by atoms with Gasteiger partial charge < -0.3 is 4.74 Å². The average Bonchev–Trinajstić information content (AvgIpc) is 2.69. The molecule has 3 nitrogen and oxygen atoms in total. The molecule has 0 N–H and O–H groups in total. The van der Waals surface area contributed by atoms with E-state index in [1.165, 1.54) is 33.9 Å². The molecular formula is C28H30N2O+2. The largest absolute Gasteiger partial charge is 0.457 e. The van der Waals surface area contributed by atoms with Crippen molar-refractivity contribution in [1.29, 1.82) is 0 Å². The van der Waals surface area contributed by atoms with Crippen LogP contribution in [-0.4, -0.2) is 0 Å². The topological polar surface area (TPSA) is 17.0 Å². The van der Waals surface area contributed by atoms with Gasteiger partial charge in [-0.15, -0.1) is 0 Å². The summed E-state index contributed by atoms with van der Waals surface area (Å²) >= 11 is 0. The highest BCUT2D eigenvalue weighted by Gasteiger charge is 2.16. The molecule has 4 aromatic rings. The average molecular weight is 411 g/mol. The fourth-order valence-electron chi connectivity index (χ4n) is 4.49. The Morgan fingerprint density at radius 1 is 0.452 bits per heavy atom. The summed E-state index contributed by atoms with van der Waals surface area (Å²) in [5, 5.41) is 0. The van der Waals surface area contributed by atoms with Crippen molar-refractivity contribution in [2.45, 2.75) is 41.5 Å². The molecule has 0 atom stereocenters. The van der Waals surface area contributed by atoms with Crippen molar-refractivity contribution in [3.63, 3.8) is 0 Å². The van der Waals surface area contributed by atoms with Crippen LogP contribution in [0.2, 0.25) is 0 Å². The van der Waals surface area contributed by atoms with Crippen molar-refractivity contribution in [1.82, 2.24) is 0 Å². The number of ether oxygens (including phenoxy) is 1. The zero-order chi connectivity index (χ0) is 22.1. The highest BCUT2D eigenvalue weighted by Crippen LogP contribution is 2.23. The maximum absolute atomic E-state index is 6.10. The molecule has 0 saturated carbocycles. The van der Waals surface area contributed by atoms with Crippen LogP contribution in [0.1, 0.15) is 33.9 Å². The Bertz CT molecular complexity index is 1090. The van der Waals surface area contributed by atoms with Crippen LogP contribution in [-0.2, 0) is 0 Å². The predicted molar refractivity (Wildman–Crippen MR) is 124 cm³/mol. The minimum absolute atomic E-state index is 0.829. The summed E-state index contributed by atoms with van der Waals surface area (Å²) in [6, 6.07) is 25.3. The standard InChI is InChI=1S/C28H30N2O/c1-19-15-21(3)29(22(4)16-19)25-7-11-27(12-8-25)31-28-13-9-26(10-14-28)30-23(5)17-20(2)18-24(30)6/h7-18H,1-6H3/q+2. The van der Waals surface area contributed by atoms with Crippen LogP contribution in [0.15, 0.2) is 72.8 Å². The van der Waals surface area contributed by atoms with Gasteiger partial charge in [-0.05, 0) is 49.2 Å². The van der Waals surface area contributed by atoms with Crippen molar-refractivity contribution in [3.05, 3.63) is 107 Å². The Labute approximate surface area is 185 Å². The van der Waals surface area contributed by atoms with Crippen LogP contribution in [0.5, 0.6) is 11.5 Å². The molecule has 0 saturated heterocycles. The summed E-state index contributed by atoms with van der Waals surface area (Å²) in [6.45, 7) is 12.8. The van der Waals surface area contributed by atoms with E-state index in [-0.39, 0.29) is 0 Å². The molecule has 0 aliphatic carbocycles. The third kappa shape index (κ3) is 4.36. The summed E-state index contributed by atoms with van der Waals surface area (Å²) < 4.78 is 10.6. The summed E-state index contributed by atoms with van der Waals surface area (Å²) in [5.41, 5.74) is 9.73. The second-order valence-corrected chi connectivity index (χ2v) is 8.39. The highest BCUT2D eigenvalue weighted by atomic mass is 16.5. The molecule has 31 heavy (non-hydrogen) atoms. The van der Waals surface area contributed by atoms with Crippen LogP contribution in [0.3, 0.4) is 0 Å². The normalized spacial score (nSPS) is 10.9. The number of benzene rings is 2. The van der Waals surface area contributed by atoms with Gasteiger partial charge in [-0.3, -0.25) is 0 Å². The van der Waals surface area contributed by atoms with E-state index in [2.05, 4.69) is 99.2 Å². The lowest BCUT2D eigenvalue weighted by Gasteiger charge is -2.08. The third-order valence-electron chi connectivity index (χ3n) is 5.58. The Hall–Kier alpha value is -3.46. The molecule has 0 amide bonds. The van der Waals surface area contributed by atoms with Gasteiger partial charge in [0.15, 0.2) is 22.8 Å². The maximum atomic E-state index is 6.10. The molecule has 156 valence electrons. The van der Waals surface area contributed by atoms with Gasteiger partial charge in [0.25, 0.3) is 0 Å². The fourth-order valence-corrected chi connectivity index (χ4v) is 4.49. The smallest absolute Gasteiger partial charge is 0.211 e. The summed E-state index contributed by atoms with van der Waals surface area (Å²) in [4.78, 5) is 0. The molecular weight excluding hydrogens is 380 g/mol. The second kappa shape index (κ2) is 8.35. The molecule has 2 heterocycles. The van der Waals surface area contributed by atoms with Crippen LogP contribution >= 0.6 is 0 Å². The summed E-state index contributed by atoms with van der Waals surface area (Å²) in [6.07, 6.45) is 0. The molecule has 3 heteroatoms. The molecule has 0 fully saturated rings. The lowest BCUT2D eigenvalue weighted by molar-refractivity contribution is -0.609. The Balaban J connectivity index is 1.54. The molecule has 4 rings (SSSR count). The zero-order valence-corrected chi connectivity index (χ0v) is 19.2. The molecule has 0 spiro atoms. The minimum Gasteiger partial charge on any atom is -0.457 e. The van der Waals surface area contributed by atoms with E-state index >= 15 is 0 Å². The Morgan fingerprint density at radius 2 is 0.742 bits per heavy atom. The van der Waals surface area contributed by atoms with Crippen molar-refractivity contribution < 1.29 is 13.9 Å². The van der Waals surface area contributed by atoms with Gasteiger partial charge >= 0.3 is 0 Å². The number of hydrogen-bond acceptors (Lipinski definition) is 1. The van der Waals surface area contributed by atoms with Crippen molar-refractivity contribution in [3.8, 4) is 22.9 Å². The first-order chi connectivity index (χ1) is 14.8. The lowest BCUT2D eigenvalue weighted by atomic mass is 10.2. The molecule has 2 aromatic carbocycles. The second-order valence-electron chi connectivity index (χ2n) is 8.39. The van der Waals surface area contributed by atoms with Crippen LogP contribution in [0.25, 0.3) is 11.4 Å². The quantitative estimate of drug-likeness (QED) is 0.384. The molecule has 2 aromatic heterocycles. The fraction of sp³-hybridized carbons (Fsp3) is 0.214. The Kier molecular flexibility index (Phi) is 5.60. The predicted octanol–water partition coefficient (Wildman–Crippen LogP) is 5.88. The monoisotopic (exact) mass is 410 g/mol. The van der Waals surface area contributed by atoms with E-state index in [0.717, 1.165) is 22.9 Å². The number of hydrogen-bond donors (Lipinski definition) is 0. The SMILES string of the molecule is Cc1cc(C)[n+](-c2ccc(Oc3ccc(-[n+]4c(C)cc(C)cc4C)cc3)cc2)c(C)c1. The van der Waals surface area contributed by atoms with Crippen molar-refractivity contribution in [2.24, 2.45) is 0 Å². The van der Waals surface area contributed by atoms with E-state index in [1.807, 2.05) is 24.3 Å². The van der Waals surface area contributed by atoms with Crippen molar-refractivity contribution >= 4 is 0 Å². The summed E-state index contributed by atoms with van der Waals surface area (Å²) in [5.74, 6) is 1.66. The molecule has 0 bridgehead atoms. The first-order valence-corrected chi connectivity index (χ1v) is 10.7. The van der Waals surface area contributed by atoms with Crippen molar-refractivity contribution in [2.75, 3.05) is 0 Å². The first-order valence-electron chi connectivity index (χ1n) is 10.7.